The van der Waals surface area contributed by atoms with Gasteiger partial charge in [0.25, 0.3) is 0 Å². The highest BCUT2D eigenvalue weighted by atomic mass is 32.2. The molecule has 0 aromatic carbocycles. The topological polar surface area (TPSA) is 90.9 Å². The summed E-state index contributed by atoms with van der Waals surface area (Å²) in [4.78, 5) is 4.21. The van der Waals surface area contributed by atoms with Crippen LogP contribution in [0.1, 0.15) is 30.4 Å². The zero-order valence-corrected chi connectivity index (χ0v) is 13.6. The van der Waals surface area contributed by atoms with Gasteiger partial charge in [0.15, 0.2) is 11.0 Å². The fourth-order valence-corrected chi connectivity index (χ4v) is 3.23. The molecule has 0 radical (unpaired) electrons. The van der Waals surface area contributed by atoms with Crippen LogP contribution in [-0.2, 0) is 23.6 Å². The molecule has 1 fully saturated rings. The molecule has 2 aromatic heterocycles. The highest BCUT2D eigenvalue weighted by molar-refractivity contribution is 7.98. The minimum absolute atomic E-state index is 0.248. The normalized spacial score (nSPS) is 18.2. The zero-order chi connectivity index (χ0) is 15.4. The third-order valence-corrected chi connectivity index (χ3v) is 4.40. The van der Waals surface area contributed by atoms with Crippen LogP contribution in [0.15, 0.2) is 9.68 Å². The highest BCUT2D eigenvalue weighted by Crippen LogP contribution is 2.23. The monoisotopic (exact) mass is 324 g/mol. The van der Waals surface area contributed by atoms with Gasteiger partial charge >= 0.3 is 0 Å². The molecular weight excluding hydrogens is 304 g/mol. The molecule has 0 unspecified atom stereocenters. The van der Waals surface area contributed by atoms with Crippen molar-refractivity contribution in [1.82, 2.24) is 30.2 Å². The Morgan fingerprint density at radius 1 is 1.41 bits per heavy atom. The minimum atomic E-state index is 0.248. The van der Waals surface area contributed by atoms with Crippen LogP contribution >= 0.6 is 11.8 Å². The smallest absolute Gasteiger partial charge is 0.223 e. The molecule has 9 heteroatoms. The lowest BCUT2D eigenvalue weighted by Crippen LogP contribution is -2.20. The van der Waals surface area contributed by atoms with E-state index in [1.54, 1.807) is 18.7 Å². The maximum atomic E-state index is 5.73. The average molecular weight is 324 g/mol. The van der Waals surface area contributed by atoms with Crippen LogP contribution in [0.5, 0.6) is 0 Å². The number of hydrogen-bond acceptors (Lipinski definition) is 8. The van der Waals surface area contributed by atoms with Crippen LogP contribution in [0.2, 0.25) is 0 Å². The maximum Gasteiger partial charge on any atom is 0.223 e. The largest absolute Gasteiger partial charge is 0.376 e. The molecule has 120 valence electrons. The zero-order valence-electron chi connectivity index (χ0n) is 12.8. The van der Waals surface area contributed by atoms with Crippen molar-refractivity contribution < 1.29 is 9.26 Å². The molecule has 1 aliphatic heterocycles. The Morgan fingerprint density at radius 3 is 3.00 bits per heavy atom. The first-order valence-electron chi connectivity index (χ1n) is 7.36. The SMILES string of the molecule is CNCc1nnc(SCc2noc(C)n2)n1C[C@H]1CCCO1. The fourth-order valence-electron chi connectivity index (χ4n) is 2.42. The van der Waals surface area contributed by atoms with E-state index in [0.29, 0.717) is 24.0 Å². The number of nitrogens with one attached hydrogen (secondary N) is 1. The number of nitrogens with zero attached hydrogens (tertiary/aromatic N) is 5. The van der Waals surface area contributed by atoms with E-state index in [0.717, 1.165) is 37.0 Å². The summed E-state index contributed by atoms with van der Waals surface area (Å²) in [6, 6.07) is 0. The van der Waals surface area contributed by atoms with E-state index in [9.17, 15) is 0 Å². The summed E-state index contributed by atoms with van der Waals surface area (Å²) in [5.74, 6) is 2.78. The Labute approximate surface area is 133 Å². The first-order chi connectivity index (χ1) is 10.8. The van der Waals surface area contributed by atoms with Gasteiger partial charge in [-0.25, -0.2) is 0 Å². The molecule has 3 rings (SSSR count). The summed E-state index contributed by atoms with van der Waals surface area (Å²) >= 11 is 1.56. The van der Waals surface area contributed by atoms with Gasteiger partial charge in [0, 0.05) is 13.5 Å². The second-order valence-corrected chi connectivity index (χ2v) is 6.14. The predicted octanol–water partition coefficient (Wildman–Crippen LogP) is 1.16. The molecule has 0 aliphatic carbocycles. The van der Waals surface area contributed by atoms with Crippen molar-refractivity contribution >= 4 is 11.8 Å². The van der Waals surface area contributed by atoms with E-state index in [4.69, 9.17) is 9.26 Å². The molecule has 2 aromatic rings. The number of thioether (sulfide) groups is 1. The van der Waals surface area contributed by atoms with E-state index in [2.05, 4.69) is 30.2 Å². The molecule has 1 N–H and O–H groups in total. The molecule has 1 aliphatic rings. The van der Waals surface area contributed by atoms with E-state index in [1.165, 1.54) is 0 Å². The van der Waals surface area contributed by atoms with Crippen LogP contribution < -0.4 is 5.32 Å². The van der Waals surface area contributed by atoms with E-state index in [1.807, 2.05) is 7.05 Å². The summed E-state index contributed by atoms with van der Waals surface area (Å²) < 4.78 is 12.9. The predicted molar refractivity (Wildman–Crippen MR) is 80.4 cm³/mol. The molecule has 8 nitrogen and oxygen atoms in total. The first-order valence-corrected chi connectivity index (χ1v) is 8.35. The number of aromatic nitrogens is 5. The van der Waals surface area contributed by atoms with Crippen LogP contribution in [0, 0.1) is 6.92 Å². The molecule has 0 amide bonds. The number of ether oxygens (including phenoxy) is 1. The summed E-state index contributed by atoms with van der Waals surface area (Å²) in [5, 5.41) is 16.5. The van der Waals surface area contributed by atoms with Gasteiger partial charge < -0.3 is 19.1 Å². The average Bonchev–Trinajstić information content (AvgIpc) is 3.22. The summed E-state index contributed by atoms with van der Waals surface area (Å²) in [7, 11) is 1.90. The van der Waals surface area contributed by atoms with Gasteiger partial charge in [0.05, 0.1) is 24.9 Å². The van der Waals surface area contributed by atoms with Crippen LogP contribution in [-0.4, -0.2) is 44.7 Å². The molecule has 0 spiro atoms. The van der Waals surface area contributed by atoms with E-state index >= 15 is 0 Å². The Balaban J connectivity index is 1.71. The Bertz CT molecular complexity index is 607. The van der Waals surface area contributed by atoms with Gasteiger partial charge in [0.1, 0.15) is 5.82 Å². The summed E-state index contributed by atoms with van der Waals surface area (Å²) in [6.07, 6.45) is 2.46. The molecule has 1 saturated heterocycles. The summed E-state index contributed by atoms with van der Waals surface area (Å²) in [6.45, 7) is 4.10. The third kappa shape index (κ3) is 3.65. The van der Waals surface area contributed by atoms with E-state index in [-0.39, 0.29) is 6.10 Å². The number of rotatable bonds is 7. The molecule has 22 heavy (non-hydrogen) atoms. The molecule has 0 bridgehead atoms. The van der Waals surface area contributed by atoms with Gasteiger partial charge in [-0.3, -0.25) is 0 Å². The number of aryl methyl sites for hydroxylation is 1. The van der Waals surface area contributed by atoms with Crippen molar-refractivity contribution in [1.29, 1.82) is 0 Å². The van der Waals surface area contributed by atoms with Crippen LogP contribution in [0.25, 0.3) is 0 Å². The highest BCUT2D eigenvalue weighted by Gasteiger charge is 2.21. The van der Waals surface area contributed by atoms with Crippen molar-refractivity contribution in [2.75, 3.05) is 13.7 Å². The van der Waals surface area contributed by atoms with Gasteiger partial charge in [-0.1, -0.05) is 16.9 Å². The van der Waals surface area contributed by atoms with Gasteiger partial charge in [-0.2, -0.15) is 4.98 Å². The van der Waals surface area contributed by atoms with Crippen LogP contribution in [0.4, 0.5) is 0 Å². The molecule has 0 saturated carbocycles. The lowest BCUT2D eigenvalue weighted by atomic mass is 10.2. The lowest BCUT2D eigenvalue weighted by molar-refractivity contribution is 0.0941. The molecule has 1 atom stereocenters. The standard InChI is InChI=1S/C13H20N6O2S/c1-9-15-11(18-21-9)8-22-13-17-16-12(6-14-2)19(13)7-10-4-3-5-20-10/h10,14H,3-8H2,1-2H3/t10-/m1/s1. The molecular formula is C13H20N6O2S. The Morgan fingerprint density at radius 2 is 2.32 bits per heavy atom. The number of hydrogen-bond donors (Lipinski definition) is 1. The van der Waals surface area contributed by atoms with Crippen molar-refractivity contribution in [2.24, 2.45) is 0 Å². The van der Waals surface area contributed by atoms with Crippen LogP contribution in [0.3, 0.4) is 0 Å². The van der Waals surface area contributed by atoms with Crippen molar-refractivity contribution in [3.8, 4) is 0 Å². The summed E-state index contributed by atoms with van der Waals surface area (Å²) in [5.41, 5.74) is 0. The third-order valence-electron chi connectivity index (χ3n) is 3.44. The minimum Gasteiger partial charge on any atom is -0.376 e. The maximum absolute atomic E-state index is 5.73. The molecule has 3 heterocycles. The van der Waals surface area contributed by atoms with E-state index < -0.39 is 0 Å². The van der Waals surface area contributed by atoms with Gasteiger partial charge in [-0.15, -0.1) is 10.2 Å². The Hall–Kier alpha value is -1.45. The first kappa shape index (κ1) is 15.4. The van der Waals surface area contributed by atoms with Gasteiger partial charge in [0.2, 0.25) is 5.89 Å². The van der Waals surface area contributed by atoms with Crippen molar-refractivity contribution in [2.45, 2.75) is 49.9 Å². The van der Waals surface area contributed by atoms with Crippen molar-refractivity contribution in [3.63, 3.8) is 0 Å². The second-order valence-electron chi connectivity index (χ2n) is 5.19. The quantitative estimate of drug-likeness (QED) is 0.759. The van der Waals surface area contributed by atoms with Crippen molar-refractivity contribution in [3.05, 3.63) is 17.5 Å². The Kier molecular flexibility index (Phi) is 5.06. The lowest BCUT2D eigenvalue weighted by Gasteiger charge is -2.14. The fraction of sp³-hybridized carbons (Fsp3) is 0.692. The van der Waals surface area contributed by atoms with Gasteiger partial charge in [-0.05, 0) is 19.9 Å². The second kappa shape index (κ2) is 7.21.